The number of nitrogens with zero attached hydrogens (tertiary/aromatic N) is 1. The van der Waals surface area contributed by atoms with E-state index in [1.54, 1.807) is 54.6 Å². The van der Waals surface area contributed by atoms with Crippen LogP contribution in [0, 0.1) is 0 Å². The monoisotopic (exact) mass is 692 g/mol. The number of thioether (sulfide) groups is 1. The summed E-state index contributed by atoms with van der Waals surface area (Å²) in [5.74, 6) is 0.870. The first kappa shape index (κ1) is 30.1. The highest BCUT2D eigenvalue weighted by molar-refractivity contribution is 9.10. The second-order valence-corrected chi connectivity index (χ2v) is 11.7. The molecule has 0 aliphatic carbocycles. The molecule has 0 spiro atoms. The Bertz CT molecular complexity index is 1600. The number of nitrogens with one attached hydrogen (secondary N) is 1. The average molecular weight is 694 g/mol. The number of halogens is 3. The third kappa shape index (κ3) is 6.97. The van der Waals surface area contributed by atoms with Crippen LogP contribution in [0.3, 0.4) is 0 Å². The van der Waals surface area contributed by atoms with Crippen LogP contribution in [0.2, 0.25) is 10.0 Å². The number of hydrogen-bond acceptors (Lipinski definition) is 8. The standard InChI is InChI=1S/C29H23BrCl2N2O7S/c1-2-38-24-10-16(9-20(30)27(24)41-15-17-3-4-18(31)12-21(17)32)11-25-28(36)34(29(37)42-25)14-26(35)33-19-5-6-22-23(13-19)40-8-7-39-22/h3-6,9-13H,2,7-8,14-15H2,1H3,(H,33,35)/b25-11-. The zero-order valence-electron chi connectivity index (χ0n) is 22.1. The number of carbonyl (C=O) groups is 3. The van der Waals surface area contributed by atoms with Crippen molar-refractivity contribution in [2.24, 2.45) is 0 Å². The maximum Gasteiger partial charge on any atom is 0.294 e. The van der Waals surface area contributed by atoms with Crippen molar-refractivity contribution in [2.75, 3.05) is 31.7 Å². The van der Waals surface area contributed by atoms with Crippen LogP contribution in [0.1, 0.15) is 18.1 Å². The van der Waals surface area contributed by atoms with E-state index in [0.717, 1.165) is 22.2 Å². The molecule has 13 heteroatoms. The van der Waals surface area contributed by atoms with Crippen LogP contribution in [0.25, 0.3) is 6.08 Å². The van der Waals surface area contributed by atoms with E-state index in [2.05, 4.69) is 21.2 Å². The van der Waals surface area contributed by atoms with Crippen molar-refractivity contribution in [1.82, 2.24) is 4.90 Å². The zero-order chi connectivity index (χ0) is 29.8. The molecular formula is C29H23BrCl2N2O7S. The Morgan fingerprint density at radius 1 is 1.07 bits per heavy atom. The molecule has 218 valence electrons. The predicted molar refractivity (Wildman–Crippen MR) is 165 cm³/mol. The number of benzene rings is 3. The lowest BCUT2D eigenvalue weighted by Crippen LogP contribution is -2.36. The minimum absolute atomic E-state index is 0.168. The summed E-state index contributed by atoms with van der Waals surface area (Å²) in [6.07, 6.45) is 1.57. The Balaban J connectivity index is 1.28. The van der Waals surface area contributed by atoms with Gasteiger partial charge in [-0.25, -0.2) is 0 Å². The first-order chi connectivity index (χ1) is 20.2. The molecule has 3 amide bonds. The number of rotatable bonds is 9. The van der Waals surface area contributed by atoms with Gasteiger partial charge in [0.15, 0.2) is 23.0 Å². The molecule has 1 N–H and O–H groups in total. The minimum atomic E-state index is -0.575. The topological polar surface area (TPSA) is 103 Å². The third-order valence-electron chi connectivity index (χ3n) is 6.02. The second kappa shape index (κ2) is 13.3. The van der Waals surface area contributed by atoms with Gasteiger partial charge in [-0.05, 0) is 82.7 Å². The van der Waals surface area contributed by atoms with Crippen molar-refractivity contribution in [3.8, 4) is 23.0 Å². The van der Waals surface area contributed by atoms with Gasteiger partial charge >= 0.3 is 0 Å². The zero-order valence-corrected chi connectivity index (χ0v) is 26.0. The minimum Gasteiger partial charge on any atom is -0.490 e. The number of imide groups is 1. The van der Waals surface area contributed by atoms with Gasteiger partial charge < -0.3 is 24.3 Å². The van der Waals surface area contributed by atoms with Gasteiger partial charge in [-0.3, -0.25) is 19.3 Å². The van der Waals surface area contributed by atoms with E-state index < -0.39 is 23.6 Å². The van der Waals surface area contributed by atoms with Gasteiger partial charge in [-0.15, -0.1) is 0 Å². The predicted octanol–water partition coefficient (Wildman–Crippen LogP) is 7.18. The molecule has 0 radical (unpaired) electrons. The first-order valence-electron chi connectivity index (χ1n) is 12.7. The summed E-state index contributed by atoms with van der Waals surface area (Å²) in [6.45, 7) is 2.79. The van der Waals surface area contributed by atoms with Gasteiger partial charge in [0.25, 0.3) is 11.1 Å². The summed E-state index contributed by atoms with van der Waals surface area (Å²) in [5, 5.41) is 3.14. The molecule has 1 saturated heterocycles. The van der Waals surface area contributed by atoms with Crippen molar-refractivity contribution >= 4 is 79.7 Å². The highest BCUT2D eigenvalue weighted by atomic mass is 79.9. The molecule has 0 saturated carbocycles. The maximum absolute atomic E-state index is 13.1. The smallest absolute Gasteiger partial charge is 0.294 e. The van der Waals surface area contributed by atoms with Crippen LogP contribution >= 0.6 is 50.9 Å². The third-order valence-corrected chi connectivity index (χ3v) is 8.10. The molecule has 1 fully saturated rings. The van der Waals surface area contributed by atoms with E-state index in [4.69, 9.17) is 42.1 Å². The van der Waals surface area contributed by atoms with Crippen LogP contribution < -0.4 is 24.3 Å². The largest absolute Gasteiger partial charge is 0.490 e. The molecule has 2 heterocycles. The van der Waals surface area contributed by atoms with E-state index in [0.29, 0.717) is 68.6 Å². The fraction of sp³-hybridized carbons (Fsp3) is 0.207. The van der Waals surface area contributed by atoms with E-state index in [1.165, 1.54) is 0 Å². The van der Waals surface area contributed by atoms with E-state index in [9.17, 15) is 14.4 Å². The van der Waals surface area contributed by atoms with Crippen molar-refractivity contribution in [3.63, 3.8) is 0 Å². The molecule has 0 atom stereocenters. The SMILES string of the molecule is CCOc1cc(/C=C2\SC(=O)N(CC(=O)Nc3ccc4c(c3)OCCO4)C2=O)cc(Br)c1OCc1ccc(Cl)cc1Cl. The normalized spacial score (nSPS) is 15.2. The van der Waals surface area contributed by atoms with Crippen molar-refractivity contribution < 1.29 is 33.3 Å². The lowest BCUT2D eigenvalue weighted by atomic mass is 10.1. The van der Waals surface area contributed by atoms with E-state index in [1.807, 2.05) is 6.92 Å². The number of ether oxygens (including phenoxy) is 4. The summed E-state index contributed by atoms with van der Waals surface area (Å²) in [7, 11) is 0. The molecule has 0 unspecified atom stereocenters. The van der Waals surface area contributed by atoms with Crippen LogP contribution in [0.4, 0.5) is 10.5 Å². The fourth-order valence-corrected chi connectivity index (χ4v) is 5.99. The second-order valence-electron chi connectivity index (χ2n) is 8.96. The van der Waals surface area contributed by atoms with Crippen LogP contribution in [-0.2, 0) is 16.2 Å². The molecule has 9 nitrogen and oxygen atoms in total. The Morgan fingerprint density at radius 3 is 2.62 bits per heavy atom. The van der Waals surface area contributed by atoms with Gasteiger partial charge in [0.2, 0.25) is 5.91 Å². The van der Waals surface area contributed by atoms with Crippen molar-refractivity contribution in [3.05, 3.63) is 79.1 Å². The number of carbonyl (C=O) groups excluding carboxylic acids is 3. The number of amides is 3. The molecular weight excluding hydrogens is 671 g/mol. The quantitative estimate of drug-likeness (QED) is 0.235. The molecule has 2 aliphatic heterocycles. The van der Waals surface area contributed by atoms with Gasteiger partial charge in [-0.1, -0.05) is 29.3 Å². The molecule has 3 aromatic carbocycles. The van der Waals surface area contributed by atoms with Gasteiger partial charge in [0, 0.05) is 27.4 Å². The van der Waals surface area contributed by atoms with Crippen molar-refractivity contribution in [1.29, 1.82) is 0 Å². The number of anilines is 1. The molecule has 42 heavy (non-hydrogen) atoms. The molecule has 5 rings (SSSR count). The summed E-state index contributed by atoms with van der Waals surface area (Å²) < 4.78 is 23.4. The van der Waals surface area contributed by atoms with Gasteiger partial charge in [-0.2, -0.15) is 0 Å². The van der Waals surface area contributed by atoms with Crippen LogP contribution in [0.5, 0.6) is 23.0 Å². The fourth-order valence-electron chi connectivity index (χ4n) is 4.12. The highest BCUT2D eigenvalue weighted by Crippen LogP contribution is 2.40. The Kier molecular flexibility index (Phi) is 9.52. The summed E-state index contributed by atoms with van der Waals surface area (Å²) >= 11 is 16.5. The Morgan fingerprint density at radius 2 is 1.86 bits per heavy atom. The summed E-state index contributed by atoms with van der Waals surface area (Å²) in [5.41, 5.74) is 1.79. The van der Waals surface area contributed by atoms with Gasteiger partial charge in [0.05, 0.1) is 16.0 Å². The number of hydrogen-bond donors (Lipinski definition) is 1. The van der Waals surface area contributed by atoms with Crippen LogP contribution in [0.15, 0.2) is 57.9 Å². The van der Waals surface area contributed by atoms with Crippen molar-refractivity contribution in [2.45, 2.75) is 13.5 Å². The lowest BCUT2D eigenvalue weighted by Gasteiger charge is -2.19. The average Bonchev–Trinajstić information content (AvgIpc) is 3.20. The Labute approximate surface area is 264 Å². The highest BCUT2D eigenvalue weighted by Gasteiger charge is 2.36. The lowest BCUT2D eigenvalue weighted by molar-refractivity contribution is -0.127. The van der Waals surface area contributed by atoms with Crippen LogP contribution in [-0.4, -0.2) is 48.3 Å². The van der Waals surface area contributed by atoms with E-state index >= 15 is 0 Å². The van der Waals surface area contributed by atoms with E-state index in [-0.39, 0.29) is 11.5 Å². The van der Waals surface area contributed by atoms with Gasteiger partial charge in [0.1, 0.15) is 26.4 Å². The summed E-state index contributed by atoms with van der Waals surface area (Å²) in [6, 6.07) is 13.6. The summed E-state index contributed by atoms with van der Waals surface area (Å²) in [4.78, 5) is 39.5. The first-order valence-corrected chi connectivity index (χ1v) is 15.1. The maximum atomic E-state index is 13.1. The number of fused-ring (bicyclic) bond motifs is 1. The molecule has 3 aromatic rings. The molecule has 2 aliphatic rings. The molecule has 0 bridgehead atoms. The molecule has 0 aromatic heterocycles. The Hall–Kier alpha value is -3.38.